The predicted octanol–water partition coefficient (Wildman–Crippen LogP) is 3.82. The number of rotatable bonds is 7. The second kappa shape index (κ2) is 8.54. The largest absolute Gasteiger partial charge is 0.481 e. The lowest BCUT2D eigenvalue weighted by molar-refractivity contribution is -0.140. The summed E-state index contributed by atoms with van der Waals surface area (Å²) in [6, 6.07) is 14.9. The van der Waals surface area contributed by atoms with Gasteiger partial charge in [0.15, 0.2) is 0 Å². The molecule has 7 nitrogen and oxygen atoms in total. The van der Waals surface area contributed by atoms with E-state index in [4.69, 9.17) is 4.74 Å². The van der Waals surface area contributed by atoms with Crippen LogP contribution in [0.1, 0.15) is 55.6 Å². The first-order valence-corrected chi connectivity index (χ1v) is 11.6. The van der Waals surface area contributed by atoms with E-state index in [9.17, 15) is 19.5 Å². The van der Waals surface area contributed by atoms with Gasteiger partial charge in [-0.2, -0.15) is 0 Å². The summed E-state index contributed by atoms with van der Waals surface area (Å²) >= 11 is 0. The van der Waals surface area contributed by atoms with Crippen molar-refractivity contribution in [1.29, 1.82) is 0 Å². The van der Waals surface area contributed by atoms with Crippen LogP contribution in [-0.4, -0.2) is 41.8 Å². The fraction of sp³-hybridized carbons (Fsp3) is 0.423. The van der Waals surface area contributed by atoms with Crippen LogP contribution in [0.15, 0.2) is 48.5 Å². The van der Waals surface area contributed by atoms with Gasteiger partial charge in [-0.05, 0) is 53.4 Å². The van der Waals surface area contributed by atoms with Gasteiger partial charge in [0, 0.05) is 12.0 Å². The Morgan fingerprint density at radius 3 is 2.15 bits per heavy atom. The Kier molecular flexibility index (Phi) is 5.56. The highest BCUT2D eigenvalue weighted by Crippen LogP contribution is 2.55. The number of carbonyl (C=O) groups is 3. The SMILES string of the molecule is O=C(O)CC(NC(=O)OCC1c2ccccc2-c2ccccc21)C(=O)NC1CC2(CCC2)C1. The average molecular weight is 449 g/mol. The third kappa shape index (κ3) is 4.19. The molecule has 172 valence electrons. The first kappa shape index (κ1) is 21.5. The molecular weight excluding hydrogens is 420 g/mol. The number of alkyl carbamates (subject to hydrolysis) is 1. The third-order valence-electron chi connectivity index (χ3n) is 7.45. The van der Waals surface area contributed by atoms with Gasteiger partial charge in [-0.15, -0.1) is 0 Å². The molecule has 1 atom stereocenters. The van der Waals surface area contributed by atoms with Crippen LogP contribution < -0.4 is 10.6 Å². The zero-order valence-corrected chi connectivity index (χ0v) is 18.4. The monoisotopic (exact) mass is 448 g/mol. The number of carboxylic acid groups (broad SMARTS) is 1. The van der Waals surface area contributed by atoms with Crippen LogP contribution >= 0.6 is 0 Å². The Morgan fingerprint density at radius 2 is 1.61 bits per heavy atom. The number of ether oxygens (including phenoxy) is 1. The van der Waals surface area contributed by atoms with Gasteiger partial charge >= 0.3 is 12.1 Å². The van der Waals surface area contributed by atoms with Crippen LogP contribution in [0.25, 0.3) is 11.1 Å². The minimum absolute atomic E-state index is 0.0541. The van der Waals surface area contributed by atoms with Crippen molar-refractivity contribution < 1.29 is 24.2 Å². The first-order valence-electron chi connectivity index (χ1n) is 11.6. The quantitative estimate of drug-likeness (QED) is 0.597. The Labute approximate surface area is 192 Å². The van der Waals surface area contributed by atoms with E-state index < -0.39 is 30.4 Å². The number of carboxylic acids is 1. The molecule has 5 rings (SSSR count). The number of hydrogen-bond donors (Lipinski definition) is 3. The van der Waals surface area contributed by atoms with Gasteiger partial charge in [0.25, 0.3) is 0 Å². The molecule has 0 aromatic heterocycles. The summed E-state index contributed by atoms with van der Waals surface area (Å²) in [5, 5.41) is 14.6. The molecule has 2 aromatic carbocycles. The standard InChI is InChI=1S/C26H28N2O5/c29-23(30)12-22(24(31)27-16-13-26(14-16)10-5-11-26)28-25(32)33-15-21-19-8-3-1-6-17(19)18-7-2-4-9-20(18)21/h1-4,6-9,16,21-22H,5,10-15H2,(H,27,31)(H,28,32)(H,29,30). The van der Waals surface area contributed by atoms with E-state index in [-0.39, 0.29) is 18.6 Å². The van der Waals surface area contributed by atoms with E-state index in [0.717, 1.165) is 35.1 Å². The molecule has 2 saturated carbocycles. The van der Waals surface area contributed by atoms with Crippen molar-refractivity contribution in [2.45, 2.75) is 56.5 Å². The highest BCUT2D eigenvalue weighted by atomic mass is 16.5. The molecule has 33 heavy (non-hydrogen) atoms. The molecule has 0 aliphatic heterocycles. The van der Waals surface area contributed by atoms with Gasteiger partial charge in [-0.25, -0.2) is 4.79 Å². The van der Waals surface area contributed by atoms with Gasteiger partial charge in [0.2, 0.25) is 5.91 Å². The van der Waals surface area contributed by atoms with Crippen LogP contribution in [0, 0.1) is 5.41 Å². The smallest absolute Gasteiger partial charge is 0.407 e. The molecule has 0 saturated heterocycles. The van der Waals surface area contributed by atoms with Crippen molar-refractivity contribution in [1.82, 2.24) is 10.6 Å². The molecule has 1 unspecified atom stereocenters. The van der Waals surface area contributed by atoms with E-state index in [1.807, 2.05) is 36.4 Å². The van der Waals surface area contributed by atoms with Crippen molar-refractivity contribution in [2.24, 2.45) is 5.41 Å². The van der Waals surface area contributed by atoms with Gasteiger partial charge in [0.1, 0.15) is 12.6 Å². The van der Waals surface area contributed by atoms with Gasteiger partial charge in [-0.3, -0.25) is 9.59 Å². The number of aliphatic carboxylic acids is 1. The maximum atomic E-state index is 12.7. The van der Waals surface area contributed by atoms with Crippen LogP contribution in [0.4, 0.5) is 4.79 Å². The van der Waals surface area contributed by atoms with Crippen LogP contribution in [0.5, 0.6) is 0 Å². The Hall–Kier alpha value is -3.35. The van der Waals surface area contributed by atoms with E-state index in [2.05, 4.69) is 22.8 Å². The number of carbonyl (C=O) groups excluding carboxylic acids is 2. The number of hydrogen-bond acceptors (Lipinski definition) is 4. The van der Waals surface area contributed by atoms with E-state index in [1.165, 1.54) is 19.3 Å². The highest BCUT2D eigenvalue weighted by molar-refractivity contribution is 5.89. The molecular formula is C26H28N2O5. The molecule has 3 aliphatic carbocycles. The second-order valence-corrected chi connectivity index (χ2v) is 9.59. The minimum Gasteiger partial charge on any atom is -0.481 e. The summed E-state index contributed by atoms with van der Waals surface area (Å²) in [7, 11) is 0. The summed E-state index contributed by atoms with van der Waals surface area (Å²) in [6.07, 6.45) is 4.24. The summed E-state index contributed by atoms with van der Waals surface area (Å²) in [4.78, 5) is 36.5. The summed E-state index contributed by atoms with van der Waals surface area (Å²) in [5.74, 6) is -1.73. The number of nitrogens with one attached hydrogen (secondary N) is 2. The van der Waals surface area contributed by atoms with Crippen molar-refractivity contribution in [3.63, 3.8) is 0 Å². The maximum absolute atomic E-state index is 12.7. The highest BCUT2D eigenvalue weighted by Gasteiger charge is 2.48. The van der Waals surface area contributed by atoms with Crippen molar-refractivity contribution >= 4 is 18.0 Å². The lowest BCUT2D eigenvalue weighted by Gasteiger charge is -2.54. The Bertz CT molecular complexity index is 1040. The van der Waals surface area contributed by atoms with Crippen molar-refractivity contribution in [3.8, 4) is 11.1 Å². The molecule has 2 fully saturated rings. The fourth-order valence-electron chi connectivity index (χ4n) is 5.64. The lowest BCUT2D eigenvalue weighted by atomic mass is 9.54. The topological polar surface area (TPSA) is 105 Å². The molecule has 0 heterocycles. The van der Waals surface area contributed by atoms with Crippen LogP contribution in [0.2, 0.25) is 0 Å². The van der Waals surface area contributed by atoms with Crippen LogP contribution in [-0.2, 0) is 14.3 Å². The fourth-order valence-corrected chi connectivity index (χ4v) is 5.64. The zero-order valence-electron chi connectivity index (χ0n) is 18.4. The zero-order chi connectivity index (χ0) is 23.0. The van der Waals surface area contributed by atoms with Crippen LogP contribution in [0.3, 0.4) is 0 Å². The van der Waals surface area contributed by atoms with E-state index in [1.54, 1.807) is 0 Å². The predicted molar refractivity (Wildman–Crippen MR) is 122 cm³/mol. The van der Waals surface area contributed by atoms with Crippen molar-refractivity contribution in [3.05, 3.63) is 59.7 Å². The molecule has 2 amide bonds. The van der Waals surface area contributed by atoms with E-state index >= 15 is 0 Å². The first-order chi connectivity index (χ1) is 15.9. The number of fused-ring (bicyclic) bond motifs is 3. The normalized spacial score (nSPS) is 18.9. The van der Waals surface area contributed by atoms with Crippen molar-refractivity contribution in [2.75, 3.05) is 6.61 Å². The van der Waals surface area contributed by atoms with Gasteiger partial charge < -0.3 is 20.5 Å². The summed E-state index contributed by atoms with van der Waals surface area (Å²) in [6.45, 7) is 0.104. The Morgan fingerprint density at radius 1 is 1.00 bits per heavy atom. The van der Waals surface area contributed by atoms with Gasteiger partial charge in [-0.1, -0.05) is 55.0 Å². The number of benzene rings is 2. The number of amides is 2. The second-order valence-electron chi connectivity index (χ2n) is 9.59. The molecule has 0 bridgehead atoms. The molecule has 3 N–H and O–H groups in total. The molecule has 0 radical (unpaired) electrons. The maximum Gasteiger partial charge on any atom is 0.407 e. The third-order valence-corrected chi connectivity index (χ3v) is 7.45. The summed E-state index contributed by atoms with van der Waals surface area (Å²) in [5.41, 5.74) is 4.80. The molecule has 1 spiro atoms. The minimum atomic E-state index is -1.17. The Balaban J connectivity index is 1.20. The molecule has 7 heteroatoms. The molecule has 2 aromatic rings. The lowest BCUT2D eigenvalue weighted by Crippen LogP contribution is -2.57. The van der Waals surface area contributed by atoms with Gasteiger partial charge in [0.05, 0.1) is 6.42 Å². The average Bonchev–Trinajstić information content (AvgIpc) is 3.06. The molecule has 3 aliphatic rings. The van der Waals surface area contributed by atoms with E-state index in [0.29, 0.717) is 5.41 Å². The summed E-state index contributed by atoms with van der Waals surface area (Å²) < 4.78 is 5.48.